The van der Waals surface area contributed by atoms with Crippen LogP contribution in [-0.2, 0) is 22.2 Å². The van der Waals surface area contributed by atoms with Crippen molar-refractivity contribution in [3.05, 3.63) is 0 Å². The summed E-state index contributed by atoms with van der Waals surface area (Å²) in [5.41, 5.74) is 0. The van der Waals surface area contributed by atoms with Crippen LogP contribution in [0.1, 0.15) is 12.8 Å². The molecular formula is C6H13NaO4S5. The second-order valence-electron chi connectivity index (χ2n) is 2.45. The van der Waals surface area contributed by atoms with Gasteiger partial charge < -0.3 is 9.11 Å². The van der Waals surface area contributed by atoms with E-state index in [0.29, 0.717) is 12.2 Å². The van der Waals surface area contributed by atoms with Gasteiger partial charge in [0.25, 0.3) is 0 Å². The van der Waals surface area contributed by atoms with Gasteiger partial charge in [-0.2, -0.15) is 0 Å². The van der Waals surface area contributed by atoms with Crippen LogP contribution in [-0.4, -0.2) is 40.5 Å². The first-order valence-electron chi connectivity index (χ1n) is 4.17. The van der Waals surface area contributed by atoms with Crippen molar-refractivity contribution in [2.24, 2.45) is 0 Å². The fourth-order valence-electron chi connectivity index (χ4n) is 0.579. The van der Waals surface area contributed by atoms with E-state index >= 15 is 0 Å². The molecular weight excluding hydrogens is 319 g/mol. The van der Waals surface area contributed by atoms with Gasteiger partial charge in [0.05, 0.1) is 5.75 Å². The van der Waals surface area contributed by atoms with E-state index in [1.807, 2.05) is 0 Å². The Morgan fingerprint density at radius 2 is 1.56 bits per heavy atom. The summed E-state index contributed by atoms with van der Waals surface area (Å²) in [4.78, 5) is 0. The molecule has 0 bridgehead atoms. The quantitative estimate of drug-likeness (QED) is 0.235. The monoisotopic (exact) mass is 332 g/mol. The molecule has 16 heavy (non-hydrogen) atoms. The Balaban J connectivity index is 0. The van der Waals surface area contributed by atoms with Gasteiger partial charge in [0, 0.05) is 17.3 Å². The predicted molar refractivity (Wildman–Crippen MR) is 71.2 cm³/mol. The fraction of sp³-hybridized carbons (Fsp3) is 1.00. The van der Waals surface area contributed by atoms with Crippen LogP contribution < -0.4 is 29.6 Å². The third-order valence-electron chi connectivity index (χ3n) is 1.18. The molecule has 0 radical (unpaired) electrons. The Kier molecular flexibility index (Phi) is 19.7. The fourth-order valence-corrected chi connectivity index (χ4v) is 5.60. The number of hydrogen-bond acceptors (Lipinski definition) is 6. The summed E-state index contributed by atoms with van der Waals surface area (Å²) in [5, 5.41) is 0. The molecule has 0 aliphatic carbocycles. The average Bonchev–Trinajstić information content (AvgIpc) is 2.14. The zero-order valence-electron chi connectivity index (χ0n) is 8.96. The Morgan fingerprint density at radius 3 is 2.00 bits per heavy atom. The molecule has 0 aliphatic heterocycles. The van der Waals surface area contributed by atoms with Crippen LogP contribution in [0.15, 0.2) is 0 Å². The summed E-state index contributed by atoms with van der Waals surface area (Å²) < 4.78 is 39.1. The van der Waals surface area contributed by atoms with Crippen molar-refractivity contribution in [1.29, 1.82) is 0 Å². The van der Waals surface area contributed by atoms with E-state index in [9.17, 15) is 13.0 Å². The van der Waals surface area contributed by atoms with E-state index in [0.717, 1.165) is 17.9 Å². The van der Waals surface area contributed by atoms with Gasteiger partial charge in [0.1, 0.15) is 0 Å². The van der Waals surface area contributed by atoms with E-state index < -0.39 is 22.2 Å². The van der Waals surface area contributed by atoms with Gasteiger partial charge >= 0.3 is 29.6 Å². The molecule has 4 nitrogen and oxygen atoms in total. The molecule has 92 valence electrons. The first kappa shape index (κ1) is 20.6. The SMILES string of the molecule is O=S([O-])CCCSSSCCCS(=O)O.[Na+]. The molecule has 0 heterocycles. The topological polar surface area (TPSA) is 77.4 Å². The Morgan fingerprint density at radius 1 is 1.06 bits per heavy atom. The van der Waals surface area contributed by atoms with Gasteiger partial charge in [0.15, 0.2) is 11.1 Å². The molecule has 2 unspecified atom stereocenters. The normalized spacial score (nSPS) is 14.1. The molecule has 0 rings (SSSR count). The Labute approximate surface area is 135 Å². The molecule has 0 aromatic heterocycles. The van der Waals surface area contributed by atoms with Crippen LogP contribution in [0.25, 0.3) is 0 Å². The van der Waals surface area contributed by atoms with E-state index in [1.54, 1.807) is 31.4 Å². The molecule has 0 amide bonds. The Hall–Kier alpha value is 2.27. The summed E-state index contributed by atoms with van der Waals surface area (Å²) in [7, 11) is 4.86. The van der Waals surface area contributed by atoms with Gasteiger partial charge in [-0.15, -0.1) is 0 Å². The van der Waals surface area contributed by atoms with Crippen LogP contribution in [0.5, 0.6) is 0 Å². The van der Waals surface area contributed by atoms with Gasteiger partial charge in [-0.1, -0.05) is 32.7 Å². The summed E-state index contributed by atoms with van der Waals surface area (Å²) >= 11 is -3.60. The average molecular weight is 332 g/mol. The zero-order chi connectivity index (χ0) is 11.5. The summed E-state index contributed by atoms with van der Waals surface area (Å²) in [6.07, 6.45) is 1.40. The molecule has 0 saturated carbocycles. The molecule has 0 spiro atoms. The molecule has 0 aliphatic rings. The minimum Gasteiger partial charge on any atom is -0.772 e. The first-order valence-corrected chi connectivity index (χ1v) is 10.5. The third-order valence-corrected chi connectivity index (χ3v) is 6.85. The van der Waals surface area contributed by atoms with Gasteiger partial charge in [-0.05, 0) is 22.7 Å². The van der Waals surface area contributed by atoms with Crippen LogP contribution in [0.4, 0.5) is 0 Å². The van der Waals surface area contributed by atoms with Crippen LogP contribution in [0.3, 0.4) is 0 Å². The van der Waals surface area contributed by atoms with Gasteiger partial charge in [-0.25, -0.2) is 4.21 Å². The maximum atomic E-state index is 10.3. The molecule has 2 atom stereocenters. The molecule has 0 fully saturated rings. The largest absolute Gasteiger partial charge is 1.00 e. The van der Waals surface area contributed by atoms with E-state index in [4.69, 9.17) is 4.55 Å². The van der Waals surface area contributed by atoms with Crippen molar-refractivity contribution < 1.29 is 47.1 Å². The molecule has 1 N–H and O–H groups in total. The molecule has 0 aromatic carbocycles. The second-order valence-corrected chi connectivity index (χ2v) is 8.99. The van der Waals surface area contributed by atoms with E-state index in [1.165, 1.54) is 0 Å². The van der Waals surface area contributed by atoms with Gasteiger partial charge in [0.2, 0.25) is 0 Å². The number of rotatable bonds is 10. The second kappa shape index (κ2) is 15.3. The van der Waals surface area contributed by atoms with Crippen molar-refractivity contribution in [3.8, 4) is 0 Å². The molecule has 10 heteroatoms. The third kappa shape index (κ3) is 18.6. The Bertz CT molecular complexity index is 185. The maximum absolute atomic E-state index is 10.3. The van der Waals surface area contributed by atoms with Crippen LogP contribution in [0.2, 0.25) is 0 Å². The van der Waals surface area contributed by atoms with Crippen molar-refractivity contribution in [3.63, 3.8) is 0 Å². The minimum absolute atomic E-state index is 0. The molecule has 0 aromatic rings. The van der Waals surface area contributed by atoms with Gasteiger partial charge in [-0.3, -0.25) is 4.21 Å². The minimum atomic E-state index is -1.92. The van der Waals surface area contributed by atoms with Crippen molar-refractivity contribution in [1.82, 2.24) is 0 Å². The standard InChI is InChI=1S/C6H14O4S5.Na/c7-14(8)5-1-3-11-13-12-4-2-6-15(9)10;/h1-6H2,(H,7,8)(H,9,10);/q;+1/p-1. The molecule has 0 saturated heterocycles. The van der Waals surface area contributed by atoms with Crippen LogP contribution in [0, 0.1) is 0 Å². The predicted octanol–water partition coefficient (Wildman–Crippen LogP) is -1.10. The first-order chi connectivity index (χ1) is 7.13. The van der Waals surface area contributed by atoms with E-state index in [-0.39, 0.29) is 35.3 Å². The van der Waals surface area contributed by atoms with Crippen molar-refractivity contribution >= 4 is 53.6 Å². The zero-order valence-corrected chi connectivity index (χ0v) is 15.0. The summed E-state index contributed by atoms with van der Waals surface area (Å²) in [6.45, 7) is 0. The summed E-state index contributed by atoms with van der Waals surface area (Å²) in [5.74, 6) is 2.21. The summed E-state index contributed by atoms with van der Waals surface area (Å²) in [6, 6.07) is 0. The van der Waals surface area contributed by atoms with Crippen molar-refractivity contribution in [2.45, 2.75) is 12.8 Å². The van der Waals surface area contributed by atoms with Crippen molar-refractivity contribution in [2.75, 3.05) is 23.0 Å². The van der Waals surface area contributed by atoms with E-state index in [2.05, 4.69) is 0 Å². The number of hydrogen-bond donors (Lipinski definition) is 1. The smallest absolute Gasteiger partial charge is 0.772 e. The maximum Gasteiger partial charge on any atom is 1.00 e. The van der Waals surface area contributed by atoms with Crippen LogP contribution >= 0.6 is 31.4 Å².